The third-order valence-corrected chi connectivity index (χ3v) is 5.62. The van der Waals surface area contributed by atoms with Gasteiger partial charge in [0.2, 0.25) is 5.91 Å². The van der Waals surface area contributed by atoms with Crippen LogP contribution in [0.15, 0.2) is 4.79 Å². The van der Waals surface area contributed by atoms with Crippen molar-refractivity contribution in [2.45, 2.75) is 56.0 Å². The highest BCUT2D eigenvalue weighted by Gasteiger charge is 2.47. The van der Waals surface area contributed by atoms with Crippen molar-refractivity contribution >= 4 is 23.5 Å². The van der Waals surface area contributed by atoms with E-state index in [9.17, 15) is 22.8 Å². The molecule has 1 atom stereocenters. The number of aromatic nitrogens is 2. The number of hydrogen-bond acceptors (Lipinski definition) is 3. The Labute approximate surface area is 135 Å². The maximum Gasteiger partial charge on any atom is 0.404 e. The number of alkyl halides is 3. The Morgan fingerprint density at radius 1 is 1.09 bits per heavy atom. The minimum absolute atomic E-state index is 0.000718. The van der Waals surface area contributed by atoms with E-state index in [0.29, 0.717) is 11.8 Å². The molecule has 2 aliphatic rings. The molecule has 1 aliphatic heterocycles. The number of halogens is 3. The fourth-order valence-electron chi connectivity index (χ4n) is 3.29. The summed E-state index contributed by atoms with van der Waals surface area (Å²) >= 11 is 0.450. The van der Waals surface area contributed by atoms with Gasteiger partial charge in [0.1, 0.15) is 11.1 Å². The number of H-pyrrole nitrogens is 1. The average Bonchev–Trinajstić information content (AvgIpc) is 2.69. The van der Waals surface area contributed by atoms with Crippen molar-refractivity contribution in [2.75, 3.05) is 11.1 Å². The molecule has 1 amide bonds. The van der Waals surface area contributed by atoms with Crippen LogP contribution in [0.4, 0.5) is 19.0 Å². The minimum atomic E-state index is -4.58. The number of carbonyl (C=O) groups excluding carboxylic acids is 1. The summed E-state index contributed by atoms with van der Waals surface area (Å²) in [5.41, 5.74) is -1.14. The predicted molar refractivity (Wildman–Crippen MR) is 81.7 cm³/mol. The first-order valence-electron chi connectivity index (χ1n) is 7.70. The van der Waals surface area contributed by atoms with Crippen molar-refractivity contribution < 1.29 is 18.0 Å². The Morgan fingerprint density at radius 3 is 2.35 bits per heavy atom. The summed E-state index contributed by atoms with van der Waals surface area (Å²) in [5, 5.41) is 3.06. The van der Waals surface area contributed by atoms with E-state index in [2.05, 4.69) is 10.4 Å². The van der Waals surface area contributed by atoms with E-state index in [1.54, 1.807) is 0 Å². The molecule has 1 aromatic rings. The zero-order valence-electron chi connectivity index (χ0n) is 12.4. The Morgan fingerprint density at radius 2 is 1.74 bits per heavy atom. The fourth-order valence-corrected chi connectivity index (χ4v) is 4.26. The lowest BCUT2D eigenvalue weighted by molar-refractivity contribution is -0.129. The number of hydrogen-bond donors (Lipinski definition) is 2. The molecule has 3 rings (SSSR count). The van der Waals surface area contributed by atoms with Crippen molar-refractivity contribution in [3.8, 4) is 0 Å². The number of aromatic amines is 1. The van der Waals surface area contributed by atoms with Crippen LogP contribution in [-0.4, -0.2) is 27.6 Å². The van der Waals surface area contributed by atoms with Crippen LogP contribution in [0.3, 0.4) is 0 Å². The summed E-state index contributed by atoms with van der Waals surface area (Å²) in [5.74, 6) is -0.827. The molecule has 1 fully saturated rings. The van der Waals surface area contributed by atoms with Crippen molar-refractivity contribution in [3.63, 3.8) is 0 Å². The molecule has 0 radical (unpaired) electrons. The number of carbonyl (C=O) groups is 1. The monoisotopic (exact) mass is 349 g/mol. The quantitative estimate of drug-likeness (QED) is 0.764. The van der Waals surface area contributed by atoms with E-state index in [4.69, 9.17) is 0 Å². The molecule has 0 unspecified atom stereocenters. The molecule has 2 N–H and O–H groups in total. The zero-order valence-corrected chi connectivity index (χ0v) is 13.2. The van der Waals surface area contributed by atoms with E-state index in [-0.39, 0.29) is 23.2 Å². The number of thioether (sulfide) groups is 1. The number of amides is 1. The van der Waals surface area contributed by atoms with Gasteiger partial charge >= 0.3 is 6.18 Å². The molecule has 128 valence electrons. The summed E-state index contributed by atoms with van der Waals surface area (Å²) in [7, 11) is 0. The highest BCUT2D eigenvalue weighted by atomic mass is 32.2. The van der Waals surface area contributed by atoms with Crippen LogP contribution in [0.5, 0.6) is 0 Å². The minimum Gasteiger partial charge on any atom is -0.310 e. The van der Waals surface area contributed by atoms with Crippen LogP contribution >= 0.6 is 11.8 Å². The number of anilines is 1. The molecule has 0 aromatic carbocycles. The molecule has 0 spiro atoms. The molecule has 9 heteroatoms. The number of fused-ring (bicyclic) bond motifs is 1. The molecule has 23 heavy (non-hydrogen) atoms. The first kappa shape index (κ1) is 16.5. The lowest BCUT2D eigenvalue weighted by atomic mass is 10.1. The number of nitrogens with zero attached hydrogens (tertiary/aromatic N) is 1. The van der Waals surface area contributed by atoms with E-state index in [0.717, 1.165) is 38.5 Å². The molecule has 1 aliphatic carbocycles. The maximum absolute atomic E-state index is 13.3. The van der Waals surface area contributed by atoms with E-state index in [1.807, 2.05) is 0 Å². The van der Waals surface area contributed by atoms with Gasteiger partial charge in [-0.05, 0) is 12.8 Å². The first-order valence-corrected chi connectivity index (χ1v) is 8.75. The van der Waals surface area contributed by atoms with Gasteiger partial charge in [-0.1, -0.05) is 25.7 Å². The maximum atomic E-state index is 13.3. The van der Waals surface area contributed by atoms with Crippen molar-refractivity contribution in [1.82, 2.24) is 9.78 Å². The van der Waals surface area contributed by atoms with Gasteiger partial charge in [-0.15, -0.1) is 11.8 Å². The van der Waals surface area contributed by atoms with Gasteiger partial charge in [0.25, 0.3) is 5.56 Å². The molecule has 0 bridgehead atoms. The summed E-state index contributed by atoms with van der Waals surface area (Å²) < 4.78 is 41.4. The second-order valence-corrected chi connectivity index (χ2v) is 7.09. The lowest BCUT2D eigenvalue weighted by Crippen LogP contribution is -2.23. The standard InChI is InChI=1S/C14H18F3N3O2S/c15-14(16,17)11-10-12(18-9(21)7-23-11)20(19-13(10)22)8-5-3-1-2-4-6-8/h8,11H,1-7H2,(H,18,21)(H,19,22)/t11-/m0/s1. The Bertz CT molecular complexity index is 645. The van der Waals surface area contributed by atoms with Crippen molar-refractivity contribution in [2.24, 2.45) is 0 Å². The van der Waals surface area contributed by atoms with Gasteiger partial charge in [-0.3, -0.25) is 19.4 Å². The van der Waals surface area contributed by atoms with Crippen LogP contribution in [0.25, 0.3) is 0 Å². The summed E-state index contributed by atoms with van der Waals surface area (Å²) in [6.07, 6.45) is 1.09. The molecular weight excluding hydrogens is 331 g/mol. The van der Waals surface area contributed by atoms with E-state index < -0.39 is 22.9 Å². The molecule has 2 heterocycles. The van der Waals surface area contributed by atoms with Gasteiger partial charge in [0, 0.05) is 0 Å². The molecule has 1 saturated carbocycles. The topological polar surface area (TPSA) is 66.9 Å². The van der Waals surface area contributed by atoms with E-state index in [1.165, 1.54) is 4.68 Å². The molecule has 5 nitrogen and oxygen atoms in total. The number of rotatable bonds is 1. The highest BCUT2D eigenvalue weighted by Crippen LogP contribution is 2.46. The molecule has 1 aromatic heterocycles. The second-order valence-electron chi connectivity index (χ2n) is 6.00. The fraction of sp³-hybridized carbons (Fsp3) is 0.714. The zero-order chi connectivity index (χ0) is 16.6. The third-order valence-electron chi connectivity index (χ3n) is 4.35. The lowest BCUT2D eigenvalue weighted by Gasteiger charge is -2.20. The average molecular weight is 349 g/mol. The first-order chi connectivity index (χ1) is 10.9. The van der Waals surface area contributed by atoms with Gasteiger partial charge in [-0.25, -0.2) is 0 Å². The molecule has 0 saturated heterocycles. The Hall–Kier alpha value is -1.38. The largest absolute Gasteiger partial charge is 0.404 e. The van der Waals surface area contributed by atoms with Crippen LogP contribution in [0, 0.1) is 0 Å². The SMILES string of the molecule is O=C1CS[C@H](C(F)(F)F)c2c(n(C3CCCCCC3)[nH]c2=O)N1. The van der Waals surface area contributed by atoms with Crippen molar-refractivity contribution in [1.29, 1.82) is 0 Å². The van der Waals surface area contributed by atoms with Crippen molar-refractivity contribution in [3.05, 3.63) is 15.9 Å². The third kappa shape index (κ3) is 3.29. The smallest absolute Gasteiger partial charge is 0.310 e. The molecular formula is C14H18F3N3O2S. The van der Waals surface area contributed by atoms with E-state index >= 15 is 0 Å². The van der Waals surface area contributed by atoms with Crippen LogP contribution in [0.2, 0.25) is 0 Å². The number of nitrogens with one attached hydrogen (secondary N) is 2. The Balaban J connectivity index is 2.07. The normalized spacial score (nSPS) is 23.8. The van der Waals surface area contributed by atoms with Gasteiger partial charge < -0.3 is 5.32 Å². The summed E-state index contributed by atoms with van der Waals surface area (Å²) in [4.78, 5) is 24.0. The van der Waals surface area contributed by atoms with Gasteiger partial charge in [-0.2, -0.15) is 13.2 Å². The summed E-state index contributed by atoms with van der Waals surface area (Å²) in [6.45, 7) is 0. The van der Waals surface area contributed by atoms with Gasteiger partial charge in [0.15, 0.2) is 0 Å². The Kier molecular flexibility index (Phi) is 4.48. The van der Waals surface area contributed by atoms with Crippen LogP contribution < -0.4 is 10.9 Å². The van der Waals surface area contributed by atoms with Crippen LogP contribution in [-0.2, 0) is 4.79 Å². The highest BCUT2D eigenvalue weighted by molar-refractivity contribution is 8.00. The summed E-state index contributed by atoms with van der Waals surface area (Å²) in [6, 6.07) is -0.0776. The van der Waals surface area contributed by atoms with Crippen LogP contribution in [0.1, 0.15) is 55.4 Å². The second kappa shape index (κ2) is 6.26. The van der Waals surface area contributed by atoms with Gasteiger partial charge in [0.05, 0.1) is 17.4 Å². The predicted octanol–water partition coefficient (Wildman–Crippen LogP) is 3.36.